The molecule has 1 rings (SSSR count). The molecule has 0 saturated heterocycles. The molecule has 0 amide bonds. The number of hydrogen-bond acceptors (Lipinski definition) is 0. The second-order valence-corrected chi connectivity index (χ2v) is 5.50. The summed E-state index contributed by atoms with van der Waals surface area (Å²) >= 11 is 0. The minimum Gasteiger partial charge on any atom is -0.103 e. The van der Waals surface area contributed by atoms with E-state index in [4.69, 9.17) is 0 Å². The van der Waals surface area contributed by atoms with Crippen LogP contribution in [0.4, 0.5) is 0 Å². The minimum absolute atomic E-state index is 0.966. The first-order chi connectivity index (χ1) is 7.20. The van der Waals surface area contributed by atoms with Crippen LogP contribution in [0.25, 0.3) is 0 Å². The molecular formula is C15H28. The van der Waals surface area contributed by atoms with E-state index in [2.05, 4.69) is 33.4 Å². The van der Waals surface area contributed by atoms with Crippen LogP contribution >= 0.6 is 0 Å². The van der Waals surface area contributed by atoms with Crippen LogP contribution in [0.5, 0.6) is 0 Å². The molecular weight excluding hydrogens is 180 g/mol. The summed E-state index contributed by atoms with van der Waals surface area (Å²) < 4.78 is 0. The van der Waals surface area contributed by atoms with Crippen molar-refractivity contribution in [2.45, 2.75) is 59.3 Å². The summed E-state index contributed by atoms with van der Waals surface area (Å²) in [6.45, 7) is 11.1. The first-order valence-corrected chi connectivity index (χ1v) is 6.81. The molecule has 0 aromatic rings. The van der Waals surface area contributed by atoms with Gasteiger partial charge in [0.1, 0.15) is 0 Å². The van der Waals surface area contributed by atoms with Crippen molar-refractivity contribution in [2.75, 3.05) is 0 Å². The Morgan fingerprint density at radius 2 is 1.80 bits per heavy atom. The van der Waals surface area contributed by atoms with E-state index < -0.39 is 0 Å². The fourth-order valence-corrected chi connectivity index (χ4v) is 3.65. The van der Waals surface area contributed by atoms with Gasteiger partial charge in [-0.3, -0.25) is 0 Å². The van der Waals surface area contributed by atoms with Gasteiger partial charge in [0.05, 0.1) is 0 Å². The van der Waals surface area contributed by atoms with Crippen molar-refractivity contribution in [1.82, 2.24) is 0 Å². The monoisotopic (exact) mass is 208 g/mol. The Hall–Kier alpha value is -0.260. The molecule has 4 atom stereocenters. The third-order valence-electron chi connectivity index (χ3n) is 4.42. The Bertz CT molecular complexity index is 182. The molecule has 0 bridgehead atoms. The third-order valence-corrected chi connectivity index (χ3v) is 4.42. The lowest BCUT2D eigenvalue weighted by Crippen LogP contribution is -2.15. The summed E-state index contributed by atoms with van der Waals surface area (Å²) in [4.78, 5) is 0. The third kappa shape index (κ3) is 3.36. The zero-order valence-electron chi connectivity index (χ0n) is 10.8. The van der Waals surface area contributed by atoms with Gasteiger partial charge in [-0.1, -0.05) is 39.7 Å². The molecule has 15 heavy (non-hydrogen) atoms. The molecule has 88 valence electrons. The van der Waals surface area contributed by atoms with Crippen molar-refractivity contribution in [2.24, 2.45) is 23.7 Å². The van der Waals surface area contributed by atoms with E-state index in [1.807, 2.05) is 0 Å². The molecule has 0 heteroatoms. The molecule has 0 spiro atoms. The molecule has 0 radical (unpaired) electrons. The topological polar surface area (TPSA) is 0 Å². The van der Waals surface area contributed by atoms with Gasteiger partial charge >= 0.3 is 0 Å². The fraction of sp³-hybridized carbons (Fsp3) is 0.867. The average molecular weight is 208 g/mol. The van der Waals surface area contributed by atoms with Crippen molar-refractivity contribution in [3.05, 3.63) is 12.7 Å². The van der Waals surface area contributed by atoms with Crippen molar-refractivity contribution in [1.29, 1.82) is 0 Å². The Balaban J connectivity index is 2.34. The van der Waals surface area contributed by atoms with Crippen LogP contribution in [-0.4, -0.2) is 0 Å². The van der Waals surface area contributed by atoms with E-state index in [0.29, 0.717) is 0 Å². The molecule has 1 aliphatic rings. The predicted molar refractivity (Wildman–Crippen MR) is 68.9 cm³/mol. The van der Waals surface area contributed by atoms with E-state index >= 15 is 0 Å². The summed E-state index contributed by atoms with van der Waals surface area (Å²) in [6.07, 6.45) is 10.3. The highest BCUT2D eigenvalue weighted by Gasteiger charge is 2.36. The largest absolute Gasteiger partial charge is 0.103 e. The number of rotatable bonds is 6. The van der Waals surface area contributed by atoms with Gasteiger partial charge in [-0.15, -0.1) is 6.58 Å². The van der Waals surface area contributed by atoms with E-state index in [-0.39, 0.29) is 0 Å². The molecule has 1 saturated carbocycles. The van der Waals surface area contributed by atoms with Gasteiger partial charge < -0.3 is 0 Å². The van der Waals surface area contributed by atoms with E-state index in [1.165, 1.54) is 38.5 Å². The smallest absolute Gasteiger partial charge is 0.0353 e. The molecule has 0 N–H and O–H groups in total. The van der Waals surface area contributed by atoms with Crippen LogP contribution in [0.3, 0.4) is 0 Å². The molecule has 0 aromatic heterocycles. The van der Waals surface area contributed by atoms with Crippen LogP contribution < -0.4 is 0 Å². The van der Waals surface area contributed by atoms with Crippen LogP contribution in [-0.2, 0) is 0 Å². The molecule has 4 unspecified atom stereocenters. The van der Waals surface area contributed by atoms with Gasteiger partial charge in [-0.25, -0.2) is 0 Å². The zero-order valence-corrected chi connectivity index (χ0v) is 10.8. The van der Waals surface area contributed by atoms with Crippen molar-refractivity contribution >= 4 is 0 Å². The summed E-state index contributed by atoms with van der Waals surface area (Å²) in [5.74, 6) is 3.95. The predicted octanol–water partition coefficient (Wildman–Crippen LogP) is 5.05. The SMILES string of the molecule is C=CCCCCC1C(C)CC(C)C1CC. The summed E-state index contributed by atoms with van der Waals surface area (Å²) in [7, 11) is 0. The van der Waals surface area contributed by atoms with Gasteiger partial charge in [0.25, 0.3) is 0 Å². The van der Waals surface area contributed by atoms with Crippen LogP contribution in [0, 0.1) is 23.7 Å². The maximum atomic E-state index is 3.79. The van der Waals surface area contributed by atoms with Crippen molar-refractivity contribution in [3.8, 4) is 0 Å². The molecule has 1 fully saturated rings. The second kappa shape index (κ2) is 6.35. The Kier molecular flexibility index (Phi) is 5.42. The van der Waals surface area contributed by atoms with Crippen molar-refractivity contribution < 1.29 is 0 Å². The first-order valence-electron chi connectivity index (χ1n) is 6.81. The first kappa shape index (κ1) is 12.8. The fourth-order valence-electron chi connectivity index (χ4n) is 3.65. The zero-order chi connectivity index (χ0) is 11.3. The van der Waals surface area contributed by atoms with E-state index in [0.717, 1.165) is 23.7 Å². The molecule has 0 aliphatic heterocycles. The Labute approximate surface area is 96.2 Å². The summed E-state index contributed by atoms with van der Waals surface area (Å²) in [5.41, 5.74) is 0. The quantitative estimate of drug-likeness (QED) is 0.423. The standard InChI is InChI=1S/C15H28/c1-5-7-8-9-10-15-13(4)11-12(3)14(15)6-2/h5,12-15H,1,6-11H2,2-4H3. The van der Waals surface area contributed by atoms with Crippen LogP contribution in [0.2, 0.25) is 0 Å². The molecule has 1 aliphatic carbocycles. The maximum absolute atomic E-state index is 3.79. The highest BCUT2D eigenvalue weighted by Crippen LogP contribution is 2.45. The number of unbranched alkanes of at least 4 members (excludes halogenated alkanes) is 2. The summed E-state index contributed by atoms with van der Waals surface area (Å²) in [6, 6.07) is 0. The molecule has 0 nitrogen and oxygen atoms in total. The number of allylic oxidation sites excluding steroid dienone is 1. The van der Waals surface area contributed by atoms with Crippen LogP contribution in [0.1, 0.15) is 59.3 Å². The van der Waals surface area contributed by atoms with E-state index in [1.54, 1.807) is 0 Å². The van der Waals surface area contributed by atoms with Gasteiger partial charge in [-0.2, -0.15) is 0 Å². The highest BCUT2D eigenvalue weighted by molar-refractivity contribution is 4.86. The van der Waals surface area contributed by atoms with Gasteiger partial charge in [0.2, 0.25) is 0 Å². The van der Waals surface area contributed by atoms with E-state index in [9.17, 15) is 0 Å². The summed E-state index contributed by atoms with van der Waals surface area (Å²) in [5, 5.41) is 0. The molecule has 0 heterocycles. The minimum atomic E-state index is 0.966. The Morgan fingerprint density at radius 3 is 2.40 bits per heavy atom. The maximum Gasteiger partial charge on any atom is -0.0353 e. The highest BCUT2D eigenvalue weighted by atomic mass is 14.4. The lowest BCUT2D eigenvalue weighted by atomic mass is 9.82. The average Bonchev–Trinajstić information content (AvgIpc) is 2.48. The van der Waals surface area contributed by atoms with Gasteiger partial charge in [0.15, 0.2) is 0 Å². The lowest BCUT2D eigenvalue weighted by molar-refractivity contribution is 0.267. The second-order valence-electron chi connectivity index (χ2n) is 5.50. The normalized spacial score (nSPS) is 35.7. The van der Waals surface area contributed by atoms with Crippen molar-refractivity contribution in [3.63, 3.8) is 0 Å². The number of hydrogen-bond donors (Lipinski definition) is 0. The lowest BCUT2D eigenvalue weighted by Gasteiger charge is -2.23. The van der Waals surface area contributed by atoms with Gasteiger partial charge in [-0.05, 0) is 49.4 Å². The Morgan fingerprint density at radius 1 is 1.13 bits per heavy atom. The van der Waals surface area contributed by atoms with Gasteiger partial charge in [0, 0.05) is 0 Å². The van der Waals surface area contributed by atoms with Crippen LogP contribution in [0.15, 0.2) is 12.7 Å². The molecule has 0 aromatic carbocycles.